The Labute approximate surface area is 374 Å². The van der Waals surface area contributed by atoms with Gasteiger partial charge in [-0.05, 0) is 48.5 Å². The molecular weight excluding hydrogens is 841 g/mol. The van der Waals surface area contributed by atoms with Gasteiger partial charge < -0.3 is 52.5 Å². The SMILES string of the molecule is C=CCO[C@@H]1O[C@@H]2COC(c3ccccc3)O[C@H]2[C@H](O[C@H]2O[C@H](COC(=O)c3ccccc3)[C@@H](OC(=O)c3ccccc3)[C@H](OC(=O)c3ccccc3)[C@H]2OC(=O)c2ccccc2)[C@H]1O. The lowest BCUT2D eigenvalue weighted by Gasteiger charge is -2.50. The first-order valence-electron chi connectivity index (χ1n) is 21.0. The van der Waals surface area contributed by atoms with E-state index >= 15 is 0 Å². The van der Waals surface area contributed by atoms with Gasteiger partial charge in [-0.3, -0.25) is 0 Å². The molecule has 0 aromatic heterocycles. The van der Waals surface area contributed by atoms with E-state index in [-0.39, 0.29) is 35.5 Å². The van der Waals surface area contributed by atoms with Crippen molar-refractivity contribution in [3.05, 3.63) is 192 Å². The molecule has 0 aliphatic carbocycles. The third kappa shape index (κ3) is 10.9. The van der Waals surface area contributed by atoms with Gasteiger partial charge >= 0.3 is 23.9 Å². The van der Waals surface area contributed by atoms with E-state index in [9.17, 15) is 24.3 Å². The van der Waals surface area contributed by atoms with Crippen LogP contribution in [0.1, 0.15) is 53.3 Å². The molecule has 0 radical (unpaired) electrons. The molecule has 3 saturated heterocycles. The number of aliphatic hydroxyl groups is 1. The van der Waals surface area contributed by atoms with Crippen molar-refractivity contribution in [1.29, 1.82) is 0 Å². The minimum absolute atomic E-state index is 0.0156. The van der Waals surface area contributed by atoms with Crippen LogP contribution in [0.4, 0.5) is 0 Å². The van der Waals surface area contributed by atoms with Crippen molar-refractivity contribution < 1.29 is 71.7 Å². The van der Waals surface area contributed by atoms with Gasteiger partial charge in [0.2, 0.25) is 0 Å². The van der Waals surface area contributed by atoms with Crippen molar-refractivity contribution in [2.75, 3.05) is 19.8 Å². The minimum Gasteiger partial charge on any atom is -0.459 e. The summed E-state index contributed by atoms with van der Waals surface area (Å²) in [6.45, 7) is 3.08. The zero-order chi connectivity index (χ0) is 45.1. The summed E-state index contributed by atoms with van der Waals surface area (Å²) in [5, 5.41) is 12.0. The summed E-state index contributed by atoms with van der Waals surface area (Å²) < 4.78 is 62.2. The molecular formula is C50H46O15. The summed E-state index contributed by atoms with van der Waals surface area (Å²) in [5.41, 5.74) is 1.23. The van der Waals surface area contributed by atoms with Crippen molar-refractivity contribution in [3.63, 3.8) is 0 Å². The molecule has 3 heterocycles. The average molecular weight is 887 g/mol. The highest BCUT2D eigenvalue weighted by Gasteiger charge is 2.57. The van der Waals surface area contributed by atoms with Crippen molar-refractivity contribution in [3.8, 4) is 0 Å². The van der Waals surface area contributed by atoms with E-state index in [0.717, 1.165) is 0 Å². The van der Waals surface area contributed by atoms with Crippen molar-refractivity contribution in [1.82, 2.24) is 0 Å². The third-order valence-electron chi connectivity index (χ3n) is 10.8. The van der Waals surface area contributed by atoms with Gasteiger partial charge in [-0.15, -0.1) is 6.58 Å². The van der Waals surface area contributed by atoms with E-state index in [2.05, 4.69) is 6.58 Å². The van der Waals surface area contributed by atoms with E-state index in [1.54, 1.807) is 84.9 Å². The second-order valence-corrected chi connectivity index (χ2v) is 15.1. The van der Waals surface area contributed by atoms with Gasteiger partial charge in [0.25, 0.3) is 0 Å². The number of aliphatic hydroxyl groups excluding tert-OH is 1. The highest BCUT2D eigenvalue weighted by atomic mass is 16.8. The molecule has 5 aromatic carbocycles. The topological polar surface area (TPSA) is 181 Å². The van der Waals surface area contributed by atoms with Crippen molar-refractivity contribution >= 4 is 23.9 Å². The highest BCUT2D eigenvalue weighted by Crippen LogP contribution is 2.39. The van der Waals surface area contributed by atoms with E-state index in [0.29, 0.717) is 5.56 Å². The Kier molecular flexibility index (Phi) is 14.8. The largest absolute Gasteiger partial charge is 0.459 e. The van der Waals surface area contributed by atoms with E-state index < -0.39 is 98.2 Å². The number of fused-ring (bicyclic) bond motifs is 1. The van der Waals surface area contributed by atoms with Gasteiger partial charge in [0.1, 0.15) is 37.1 Å². The van der Waals surface area contributed by atoms with Gasteiger partial charge in [-0.1, -0.05) is 109 Å². The maximum absolute atomic E-state index is 14.1. The van der Waals surface area contributed by atoms with Crippen LogP contribution in [-0.2, 0) is 47.4 Å². The van der Waals surface area contributed by atoms with E-state index in [4.69, 9.17) is 47.4 Å². The lowest BCUT2D eigenvalue weighted by Crippen LogP contribution is -2.67. The summed E-state index contributed by atoms with van der Waals surface area (Å²) in [4.78, 5) is 55.7. The maximum atomic E-state index is 14.1. The van der Waals surface area contributed by atoms with Crippen molar-refractivity contribution in [2.24, 2.45) is 0 Å². The van der Waals surface area contributed by atoms with Crippen molar-refractivity contribution in [2.45, 2.75) is 67.7 Å². The smallest absolute Gasteiger partial charge is 0.338 e. The Hall–Kier alpha value is -6.56. The summed E-state index contributed by atoms with van der Waals surface area (Å²) >= 11 is 0. The molecule has 8 rings (SSSR count). The van der Waals surface area contributed by atoms with Crippen LogP contribution < -0.4 is 0 Å². The number of carbonyl (C=O) groups excluding carboxylic acids is 4. The van der Waals surface area contributed by atoms with Crippen LogP contribution in [0.3, 0.4) is 0 Å². The molecule has 1 unspecified atom stereocenters. The van der Waals surface area contributed by atoms with Gasteiger partial charge in [-0.25, -0.2) is 19.2 Å². The predicted octanol–water partition coefficient (Wildman–Crippen LogP) is 6.03. The van der Waals surface area contributed by atoms with Crippen LogP contribution in [0.25, 0.3) is 0 Å². The van der Waals surface area contributed by atoms with Crippen LogP contribution in [0.15, 0.2) is 164 Å². The van der Waals surface area contributed by atoms with Crippen LogP contribution in [0.5, 0.6) is 0 Å². The van der Waals surface area contributed by atoms with Gasteiger partial charge in [0.15, 0.2) is 37.2 Å². The molecule has 0 saturated carbocycles. The molecule has 15 heteroatoms. The Morgan fingerprint density at radius 1 is 0.569 bits per heavy atom. The first-order chi connectivity index (χ1) is 31.8. The molecule has 336 valence electrons. The molecule has 3 fully saturated rings. The normalized spacial score (nSPS) is 27.2. The van der Waals surface area contributed by atoms with E-state index in [1.165, 1.54) is 42.5 Å². The number of carbonyl (C=O) groups is 4. The van der Waals surface area contributed by atoms with Crippen LogP contribution in [-0.4, -0.2) is 110 Å². The Morgan fingerprint density at radius 2 is 1.05 bits per heavy atom. The Morgan fingerprint density at radius 3 is 1.57 bits per heavy atom. The number of rotatable bonds is 15. The highest BCUT2D eigenvalue weighted by molar-refractivity contribution is 5.91. The fourth-order valence-corrected chi connectivity index (χ4v) is 7.59. The minimum atomic E-state index is -1.76. The predicted molar refractivity (Wildman–Crippen MR) is 228 cm³/mol. The first-order valence-corrected chi connectivity index (χ1v) is 21.0. The molecule has 11 atom stereocenters. The summed E-state index contributed by atoms with van der Waals surface area (Å²) in [7, 11) is 0. The number of ether oxygens (including phenoxy) is 10. The first kappa shape index (κ1) is 45.0. The Bertz CT molecular complexity index is 2350. The Balaban J connectivity index is 1.21. The standard InChI is InChI=1S/C50H46O15/c1-2-28-56-49-38(51)41(39-37(59-49)30-58-48(64-39)35-26-16-7-17-27-35)65-50-43(63-47(55)34-24-14-6-15-25-34)42(62-46(54)33-22-12-5-13-23-33)40(61-45(53)32-20-10-4-11-21-32)36(60-50)29-57-44(52)31-18-8-3-9-19-31/h2-27,36-43,48-51H,1,28-30H2/t36-,37-,38-,39-,40-,41-,42+,43-,48?,49-,50-/m1/s1. The van der Waals surface area contributed by atoms with Gasteiger partial charge in [0, 0.05) is 5.56 Å². The van der Waals surface area contributed by atoms with Crippen LogP contribution in [0.2, 0.25) is 0 Å². The molecule has 5 aromatic rings. The molecule has 0 amide bonds. The molecule has 15 nitrogen and oxygen atoms in total. The lowest BCUT2D eigenvalue weighted by atomic mass is 9.95. The lowest BCUT2D eigenvalue weighted by molar-refractivity contribution is -0.391. The second-order valence-electron chi connectivity index (χ2n) is 15.1. The molecule has 0 bridgehead atoms. The molecule has 3 aliphatic rings. The molecule has 65 heavy (non-hydrogen) atoms. The van der Waals surface area contributed by atoms with Gasteiger partial charge in [0.05, 0.1) is 35.5 Å². The van der Waals surface area contributed by atoms with Crippen LogP contribution >= 0.6 is 0 Å². The number of hydrogen-bond donors (Lipinski definition) is 1. The maximum Gasteiger partial charge on any atom is 0.338 e. The summed E-state index contributed by atoms with van der Waals surface area (Å²) in [6.07, 6.45) is -14.0. The summed E-state index contributed by atoms with van der Waals surface area (Å²) in [5.74, 6) is -3.39. The quantitative estimate of drug-likeness (QED) is 0.0731. The molecule has 3 aliphatic heterocycles. The van der Waals surface area contributed by atoms with Crippen LogP contribution in [0, 0.1) is 0 Å². The second kappa shape index (κ2) is 21.4. The number of esters is 4. The molecule has 1 N–H and O–H groups in total. The summed E-state index contributed by atoms with van der Waals surface area (Å²) in [6, 6.07) is 41.2. The number of hydrogen-bond acceptors (Lipinski definition) is 15. The van der Waals surface area contributed by atoms with E-state index in [1.807, 2.05) is 30.3 Å². The van der Waals surface area contributed by atoms with Gasteiger partial charge in [-0.2, -0.15) is 0 Å². The monoisotopic (exact) mass is 886 g/mol. The fraction of sp³-hybridized carbons (Fsp3) is 0.280. The zero-order valence-electron chi connectivity index (χ0n) is 34.9. The molecule has 0 spiro atoms. The number of benzene rings is 5. The average Bonchev–Trinajstić information content (AvgIpc) is 3.36. The fourth-order valence-electron chi connectivity index (χ4n) is 7.59. The zero-order valence-corrected chi connectivity index (χ0v) is 34.9. The third-order valence-corrected chi connectivity index (χ3v) is 10.8.